The molecule has 0 radical (unpaired) electrons. The van der Waals surface area contributed by atoms with Crippen molar-refractivity contribution in [1.29, 1.82) is 0 Å². The lowest BCUT2D eigenvalue weighted by molar-refractivity contribution is 0.111. The highest BCUT2D eigenvalue weighted by atomic mass is 35.5. The van der Waals surface area contributed by atoms with Crippen LogP contribution in [-0.4, -0.2) is 27.5 Å². The van der Waals surface area contributed by atoms with Crippen LogP contribution in [-0.2, 0) is 7.05 Å². The van der Waals surface area contributed by atoms with Crippen molar-refractivity contribution in [2.45, 2.75) is 11.6 Å². The summed E-state index contributed by atoms with van der Waals surface area (Å²) in [6.07, 6.45) is 1.74. The minimum atomic E-state index is 0.570. The van der Waals surface area contributed by atoms with Gasteiger partial charge in [0.05, 0.1) is 0 Å². The number of benzene rings is 1. The summed E-state index contributed by atoms with van der Waals surface area (Å²) < 4.78 is 1.82. The van der Waals surface area contributed by atoms with Gasteiger partial charge < -0.3 is 4.57 Å². The number of aldehydes is 1. The van der Waals surface area contributed by atoms with E-state index < -0.39 is 0 Å². The van der Waals surface area contributed by atoms with Crippen LogP contribution in [0.5, 0.6) is 0 Å². The number of rotatable bonds is 6. The number of aromatic nitrogens is 2. The Hall–Kier alpha value is -0.970. The fraction of sp³-hybridized carbons (Fsp3) is 0.286. The fourth-order valence-corrected chi connectivity index (χ4v) is 3.13. The van der Waals surface area contributed by atoms with E-state index in [-0.39, 0.29) is 0 Å². The Morgan fingerprint density at radius 2 is 2.05 bits per heavy atom. The van der Waals surface area contributed by atoms with Crippen LogP contribution in [0.3, 0.4) is 0 Å². The van der Waals surface area contributed by atoms with Gasteiger partial charge in [-0.2, -0.15) is 0 Å². The van der Waals surface area contributed by atoms with Crippen LogP contribution in [0.4, 0.5) is 0 Å². The standard InChI is InChI=1S/C14H14Cl2N2OS/c1-18-12(9-19)13(10-3-5-11(16)6-4-10)17-14(18)20-8-2-7-15/h3-6,9H,2,7-8H2,1H3. The van der Waals surface area contributed by atoms with E-state index in [1.165, 1.54) is 0 Å². The van der Waals surface area contributed by atoms with E-state index in [0.29, 0.717) is 22.3 Å². The summed E-state index contributed by atoms with van der Waals surface area (Å²) in [6, 6.07) is 7.32. The quantitative estimate of drug-likeness (QED) is 0.343. The zero-order valence-corrected chi connectivity index (χ0v) is 13.3. The predicted octanol–water partition coefficient (Wildman–Crippen LogP) is 4.27. The second-order valence-corrected chi connectivity index (χ2v) is 6.08. The number of carbonyl (C=O) groups is 1. The molecule has 0 saturated carbocycles. The molecule has 0 fully saturated rings. The largest absolute Gasteiger partial charge is 0.319 e. The Morgan fingerprint density at radius 3 is 2.65 bits per heavy atom. The van der Waals surface area contributed by atoms with Gasteiger partial charge in [-0.15, -0.1) is 11.6 Å². The van der Waals surface area contributed by atoms with Crippen molar-refractivity contribution < 1.29 is 4.79 Å². The van der Waals surface area contributed by atoms with Gasteiger partial charge >= 0.3 is 0 Å². The number of halogens is 2. The molecule has 0 aliphatic rings. The van der Waals surface area contributed by atoms with Crippen LogP contribution in [0.2, 0.25) is 5.02 Å². The number of nitrogens with zero attached hydrogens (tertiary/aromatic N) is 2. The van der Waals surface area contributed by atoms with Gasteiger partial charge in [0.25, 0.3) is 0 Å². The van der Waals surface area contributed by atoms with Crippen LogP contribution < -0.4 is 0 Å². The minimum absolute atomic E-state index is 0.570. The van der Waals surface area contributed by atoms with E-state index in [4.69, 9.17) is 23.2 Å². The average Bonchev–Trinajstić information content (AvgIpc) is 2.77. The van der Waals surface area contributed by atoms with Crippen molar-refractivity contribution in [2.75, 3.05) is 11.6 Å². The third-order valence-electron chi connectivity index (χ3n) is 2.84. The highest BCUT2D eigenvalue weighted by Crippen LogP contribution is 2.28. The lowest BCUT2D eigenvalue weighted by Crippen LogP contribution is -1.97. The predicted molar refractivity (Wildman–Crippen MR) is 85.1 cm³/mol. The number of hydrogen-bond acceptors (Lipinski definition) is 3. The zero-order chi connectivity index (χ0) is 14.5. The third-order valence-corrected chi connectivity index (χ3v) is 4.47. The zero-order valence-electron chi connectivity index (χ0n) is 11.0. The maximum atomic E-state index is 11.3. The van der Waals surface area contributed by atoms with Crippen LogP contribution >= 0.6 is 35.0 Å². The maximum Gasteiger partial charge on any atom is 0.168 e. The van der Waals surface area contributed by atoms with Gasteiger partial charge in [0.2, 0.25) is 0 Å². The summed E-state index contributed by atoms with van der Waals surface area (Å²) in [7, 11) is 1.85. The van der Waals surface area contributed by atoms with Gasteiger partial charge in [0.1, 0.15) is 11.4 Å². The molecule has 2 aromatic rings. The molecule has 1 heterocycles. The smallest absolute Gasteiger partial charge is 0.168 e. The van der Waals surface area contributed by atoms with Gasteiger partial charge in [0, 0.05) is 29.3 Å². The number of alkyl halides is 1. The second-order valence-electron chi connectivity index (χ2n) is 4.20. The van der Waals surface area contributed by atoms with Crippen LogP contribution in [0.1, 0.15) is 16.9 Å². The van der Waals surface area contributed by atoms with Crippen molar-refractivity contribution in [3.8, 4) is 11.3 Å². The maximum absolute atomic E-state index is 11.3. The van der Waals surface area contributed by atoms with E-state index in [2.05, 4.69) is 4.98 Å². The summed E-state index contributed by atoms with van der Waals surface area (Å²) in [5.74, 6) is 1.51. The molecule has 0 aliphatic carbocycles. The van der Waals surface area contributed by atoms with E-state index in [1.54, 1.807) is 23.9 Å². The van der Waals surface area contributed by atoms with Crippen molar-refractivity contribution in [3.63, 3.8) is 0 Å². The second kappa shape index (κ2) is 7.16. The third kappa shape index (κ3) is 3.37. The number of thioether (sulfide) groups is 1. The summed E-state index contributed by atoms with van der Waals surface area (Å²) in [5, 5.41) is 1.48. The molecule has 0 atom stereocenters. The van der Waals surface area contributed by atoms with E-state index in [0.717, 1.165) is 29.2 Å². The van der Waals surface area contributed by atoms with E-state index >= 15 is 0 Å². The number of hydrogen-bond donors (Lipinski definition) is 0. The molecule has 0 aliphatic heterocycles. The SMILES string of the molecule is Cn1c(SCCCCl)nc(-c2ccc(Cl)cc2)c1C=O. The topological polar surface area (TPSA) is 34.9 Å². The summed E-state index contributed by atoms with van der Waals surface area (Å²) in [4.78, 5) is 15.9. The molecule has 106 valence electrons. The monoisotopic (exact) mass is 328 g/mol. The highest BCUT2D eigenvalue weighted by molar-refractivity contribution is 7.99. The molecule has 0 N–H and O–H groups in total. The molecule has 6 heteroatoms. The molecule has 0 spiro atoms. The minimum Gasteiger partial charge on any atom is -0.319 e. The number of imidazole rings is 1. The van der Waals surface area contributed by atoms with Gasteiger partial charge in [-0.1, -0.05) is 35.5 Å². The Labute approximate surface area is 132 Å². The van der Waals surface area contributed by atoms with E-state index in [9.17, 15) is 4.79 Å². The molecular weight excluding hydrogens is 315 g/mol. The molecule has 1 aromatic carbocycles. The van der Waals surface area contributed by atoms with Gasteiger partial charge in [-0.25, -0.2) is 4.98 Å². The summed E-state index contributed by atoms with van der Waals surface area (Å²) >= 11 is 13.2. The van der Waals surface area contributed by atoms with Crippen LogP contribution in [0.25, 0.3) is 11.3 Å². The molecule has 0 amide bonds. The molecule has 1 aromatic heterocycles. The van der Waals surface area contributed by atoms with Crippen LogP contribution in [0, 0.1) is 0 Å². The Bertz CT molecular complexity index is 596. The van der Waals surface area contributed by atoms with Gasteiger partial charge in [-0.3, -0.25) is 4.79 Å². The van der Waals surface area contributed by atoms with Gasteiger partial charge in [0.15, 0.2) is 11.4 Å². The Balaban J connectivity index is 2.35. The fourth-order valence-electron chi connectivity index (χ4n) is 1.79. The molecular formula is C14H14Cl2N2OS. The molecule has 0 unspecified atom stereocenters. The summed E-state index contributed by atoms with van der Waals surface area (Å²) in [5.41, 5.74) is 2.14. The first-order chi connectivity index (χ1) is 9.67. The lowest BCUT2D eigenvalue weighted by Gasteiger charge is -2.01. The molecule has 2 rings (SSSR count). The first kappa shape index (κ1) is 15.4. The van der Waals surface area contributed by atoms with Crippen molar-refractivity contribution in [3.05, 3.63) is 35.0 Å². The molecule has 20 heavy (non-hydrogen) atoms. The van der Waals surface area contributed by atoms with Crippen molar-refractivity contribution in [2.24, 2.45) is 7.05 Å². The first-order valence-electron chi connectivity index (χ1n) is 6.14. The van der Waals surface area contributed by atoms with Crippen LogP contribution in [0.15, 0.2) is 29.4 Å². The number of carbonyl (C=O) groups excluding carboxylic acids is 1. The molecule has 0 bridgehead atoms. The highest BCUT2D eigenvalue weighted by Gasteiger charge is 2.15. The van der Waals surface area contributed by atoms with Gasteiger partial charge in [-0.05, 0) is 18.6 Å². The normalized spacial score (nSPS) is 10.8. The summed E-state index contributed by atoms with van der Waals surface area (Å²) in [6.45, 7) is 0. The van der Waals surface area contributed by atoms with E-state index in [1.807, 2.05) is 23.7 Å². The lowest BCUT2D eigenvalue weighted by atomic mass is 10.1. The van der Waals surface area contributed by atoms with Crippen molar-refractivity contribution >= 4 is 41.2 Å². The molecule has 3 nitrogen and oxygen atoms in total. The Kier molecular flexibility index (Phi) is 5.52. The van der Waals surface area contributed by atoms with Crippen molar-refractivity contribution in [1.82, 2.24) is 9.55 Å². The Morgan fingerprint density at radius 1 is 1.35 bits per heavy atom. The molecule has 0 saturated heterocycles. The first-order valence-corrected chi connectivity index (χ1v) is 8.03. The average molecular weight is 329 g/mol.